The van der Waals surface area contributed by atoms with Gasteiger partial charge in [-0.3, -0.25) is 14.6 Å². The lowest BCUT2D eigenvalue weighted by Crippen LogP contribution is -2.49. The highest BCUT2D eigenvalue weighted by molar-refractivity contribution is 6.17. The van der Waals surface area contributed by atoms with Gasteiger partial charge >= 0.3 is 11.9 Å². The summed E-state index contributed by atoms with van der Waals surface area (Å²) in [5.41, 5.74) is 1.33. The fraction of sp³-hybridized carbons (Fsp3) is 0.478. The molecule has 1 unspecified atom stereocenters. The van der Waals surface area contributed by atoms with E-state index in [1.54, 1.807) is 45.9 Å². The van der Waals surface area contributed by atoms with Crippen molar-refractivity contribution >= 4 is 23.4 Å². The Bertz CT molecular complexity index is 935. The summed E-state index contributed by atoms with van der Waals surface area (Å²) >= 11 is 0. The number of benzene rings is 1. The molecule has 0 N–H and O–H groups in total. The van der Waals surface area contributed by atoms with Gasteiger partial charge < -0.3 is 9.47 Å². The molecule has 30 heavy (non-hydrogen) atoms. The molecule has 160 valence electrons. The Balaban J connectivity index is 2.17. The van der Waals surface area contributed by atoms with Crippen LogP contribution < -0.4 is 0 Å². The van der Waals surface area contributed by atoms with Crippen molar-refractivity contribution in [1.29, 1.82) is 0 Å². The van der Waals surface area contributed by atoms with E-state index in [0.717, 1.165) is 0 Å². The Hall–Kier alpha value is -2.83. The fourth-order valence-electron chi connectivity index (χ4n) is 4.48. The van der Waals surface area contributed by atoms with Crippen LogP contribution >= 0.6 is 0 Å². The van der Waals surface area contributed by atoms with Crippen LogP contribution in [0.5, 0.6) is 0 Å². The van der Waals surface area contributed by atoms with E-state index in [1.165, 1.54) is 6.07 Å². The summed E-state index contributed by atoms with van der Waals surface area (Å²) in [5, 5.41) is 0. The van der Waals surface area contributed by atoms with Crippen LogP contribution in [0.25, 0.3) is 0 Å². The predicted molar refractivity (Wildman–Crippen MR) is 108 cm³/mol. The summed E-state index contributed by atoms with van der Waals surface area (Å²) in [6, 6.07) is 6.04. The lowest BCUT2D eigenvalue weighted by molar-refractivity contribution is -0.154. The smallest absolute Gasteiger partial charge is 0.336 e. The second-order valence-electron chi connectivity index (χ2n) is 7.61. The van der Waals surface area contributed by atoms with E-state index >= 15 is 0 Å². The molecule has 1 aliphatic carbocycles. The van der Waals surface area contributed by atoms with Crippen LogP contribution in [0.15, 0.2) is 40.5 Å². The molecule has 1 aliphatic heterocycles. The van der Waals surface area contributed by atoms with Gasteiger partial charge in [0, 0.05) is 17.3 Å². The first-order chi connectivity index (χ1) is 14.3. The molecule has 1 saturated carbocycles. The zero-order valence-corrected chi connectivity index (χ0v) is 17.6. The second-order valence-corrected chi connectivity index (χ2v) is 7.61. The standard InChI is InChI=1S/C23H26FNO5/c1-5-29-22(27)17-12(3)11-16-20(21(17)26)19(14-9-7-8-10-15(14)24)18(13(4)25-16)23(28)30-6-2/h7-10,12,17,19-20H,5-6,11H2,1-4H3/t12-,17+,19-,20?/m1/s1. The number of Topliss-reactive ketones (excluding diaryl/α,β-unsaturated/α-hetero) is 1. The number of ether oxygens (including phenoxy) is 2. The molecule has 6 nitrogen and oxygen atoms in total. The number of carbonyl (C=O) groups is 3. The molecule has 0 saturated heterocycles. The maximum atomic E-state index is 14.8. The lowest BCUT2D eigenvalue weighted by atomic mass is 9.63. The lowest BCUT2D eigenvalue weighted by Gasteiger charge is -2.40. The van der Waals surface area contributed by atoms with Gasteiger partial charge in [0.2, 0.25) is 0 Å². The number of esters is 2. The third-order valence-corrected chi connectivity index (χ3v) is 5.69. The Labute approximate surface area is 175 Å². The molecule has 1 fully saturated rings. The summed E-state index contributed by atoms with van der Waals surface area (Å²) in [7, 11) is 0. The van der Waals surface area contributed by atoms with E-state index < -0.39 is 41.3 Å². The quantitative estimate of drug-likeness (QED) is 0.542. The van der Waals surface area contributed by atoms with Crippen molar-refractivity contribution in [2.24, 2.45) is 22.7 Å². The predicted octanol–water partition coefficient (Wildman–Crippen LogP) is 3.61. The summed E-state index contributed by atoms with van der Waals surface area (Å²) in [5.74, 6) is -5.26. The van der Waals surface area contributed by atoms with Gasteiger partial charge in [-0.15, -0.1) is 0 Å². The number of halogens is 1. The van der Waals surface area contributed by atoms with Crippen LogP contribution in [0.3, 0.4) is 0 Å². The third-order valence-electron chi connectivity index (χ3n) is 5.69. The van der Waals surface area contributed by atoms with E-state index in [4.69, 9.17) is 9.47 Å². The van der Waals surface area contributed by atoms with Crippen LogP contribution in [0.4, 0.5) is 4.39 Å². The molecule has 0 aromatic heterocycles. The molecule has 1 aromatic rings. The van der Waals surface area contributed by atoms with E-state index in [2.05, 4.69) is 4.99 Å². The Morgan fingerprint density at radius 1 is 1.13 bits per heavy atom. The molecule has 0 radical (unpaired) electrons. The zero-order valence-electron chi connectivity index (χ0n) is 17.6. The highest BCUT2D eigenvalue weighted by atomic mass is 19.1. The highest BCUT2D eigenvalue weighted by Gasteiger charge is 2.51. The molecule has 0 bridgehead atoms. The summed E-state index contributed by atoms with van der Waals surface area (Å²) < 4.78 is 25.2. The number of fused-ring (bicyclic) bond motifs is 1. The minimum Gasteiger partial charge on any atom is -0.465 e. The number of hydrogen-bond donors (Lipinski definition) is 0. The fourth-order valence-corrected chi connectivity index (χ4v) is 4.48. The molecule has 1 heterocycles. The first-order valence-electron chi connectivity index (χ1n) is 10.2. The molecule has 3 rings (SSSR count). The van der Waals surface area contributed by atoms with Crippen molar-refractivity contribution in [1.82, 2.24) is 0 Å². The number of ketones is 1. The van der Waals surface area contributed by atoms with E-state index in [1.807, 2.05) is 0 Å². The number of hydrogen-bond acceptors (Lipinski definition) is 6. The number of allylic oxidation sites excluding steroid dienone is 1. The second kappa shape index (κ2) is 8.90. The molecule has 7 heteroatoms. The maximum Gasteiger partial charge on any atom is 0.336 e. The molecule has 0 amide bonds. The largest absolute Gasteiger partial charge is 0.465 e. The van der Waals surface area contributed by atoms with Gasteiger partial charge in [0.05, 0.1) is 24.7 Å². The van der Waals surface area contributed by atoms with Gasteiger partial charge in [-0.1, -0.05) is 25.1 Å². The van der Waals surface area contributed by atoms with Crippen molar-refractivity contribution in [3.63, 3.8) is 0 Å². The maximum absolute atomic E-state index is 14.8. The summed E-state index contributed by atoms with van der Waals surface area (Å²) in [4.78, 5) is 43.4. The molecule has 0 spiro atoms. The summed E-state index contributed by atoms with van der Waals surface area (Å²) in [6.45, 7) is 7.11. The van der Waals surface area contributed by atoms with E-state index in [-0.39, 0.29) is 30.3 Å². The van der Waals surface area contributed by atoms with E-state index in [0.29, 0.717) is 17.8 Å². The Morgan fingerprint density at radius 2 is 1.80 bits per heavy atom. The van der Waals surface area contributed by atoms with Gasteiger partial charge in [-0.05, 0) is 44.7 Å². The van der Waals surface area contributed by atoms with Crippen LogP contribution in [0, 0.1) is 23.6 Å². The van der Waals surface area contributed by atoms with Crippen LogP contribution in [0.2, 0.25) is 0 Å². The highest BCUT2D eigenvalue weighted by Crippen LogP contribution is 2.46. The molecule has 4 atom stereocenters. The van der Waals surface area contributed by atoms with Gasteiger partial charge in [0.15, 0.2) is 5.78 Å². The van der Waals surface area contributed by atoms with Crippen molar-refractivity contribution in [2.75, 3.05) is 13.2 Å². The molecule has 1 aromatic carbocycles. The Morgan fingerprint density at radius 3 is 2.43 bits per heavy atom. The average molecular weight is 415 g/mol. The topological polar surface area (TPSA) is 82.0 Å². The monoisotopic (exact) mass is 415 g/mol. The zero-order chi connectivity index (χ0) is 22.0. The average Bonchev–Trinajstić information content (AvgIpc) is 2.67. The number of nitrogens with zero attached hydrogens (tertiary/aromatic N) is 1. The van der Waals surface area contributed by atoms with Crippen LogP contribution in [-0.2, 0) is 23.9 Å². The number of aliphatic imine (C=N–C) groups is 1. The first kappa shape index (κ1) is 21.9. The summed E-state index contributed by atoms with van der Waals surface area (Å²) in [6.07, 6.45) is 0.387. The first-order valence-corrected chi connectivity index (χ1v) is 10.2. The van der Waals surface area contributed by atoms with Crippen molar-refractivity contribution in [2.45, 2.75) is 40.0 Å². The van der Waals surface area contributed by atoms with Gasteiger partial charge in [-0.2, -0.15) is 0 Å². The number of carbonyl (C=O) groups excluding carboxylic acids is 3. The minimum atomic E-state index is -0.981. The minimum absolute atomic E-state index is 0.136. The Kier molecular flexibility index (Phi) is 6.48. The van der Waals surface area contributed by atoms with Crippen LogP contribution in [-0.4, -0.2) is 36.6 Å². The molecular formula is C23H26FNO5. The SMILES string of the molecule is CCOC(=O)C1=C(C)N=C2C[C@@H](C)[C@H](C(=O)OCC)C(=O)C2[C@@H]1c1ccccc1F. The van der Waals surface area contributed by atoms with Gasteiger partial charge in [0.25, 0.3) is 0 Å². The van der Waals surface area contributed by atoms with E-state index in [9.17, 15) is 18.8 Å². The van der Waals surface area contributed by atoms with Gasteiger partial charge in [0.1, 0.15) is 11.7 Å². The third kappa shape index (κ3) is 3.80. The van der Waals surface area contributed by atoms with Crippen molar-refractivity contribution < 1.29 is 28.2 Å². The van der Waals surface area contributed by atoms with Crippen molar-refractivity contribution in [3.8, 4) is 0 Å². The molecular weight excluding hydrogens is 389 g/mol. The normalized spacial score (nSPS) is 26.0. The number of rotatable bonds is 5. The van der Waals surface area contributed by atoms with Gasteiger partial charge in [-0.25, -0.2) is 9.18 Å². The van der Waals surface area contributed by atoms with Crippen LogP contribution in [0.1, 0.15) is 45.6 Å². The van der Waals surface area contributed by atoms with Crippen molar-refractivity contribution in [3.05, 3.63) is 46.9 Å². The molecule has 2 aliphatic rings.